The standard InChI is InChI=1S/C12H13N3OS/c13-12(14)10-8-15-11(17-10)6-7-16-9-4-2-1-3-5-9/h1-5,8H,6-7H2,(H3,13,14). The zero-order chi connectivity index (χ0) is 12.1. The number of ether oxygens (including phenoxy) is 1. The fourth-order valence-electron chi connectivity index (χ4n) is 1.32. The van der Waals surface area contributed by atoms with E-state index in [0.717, 1.165) is 17.2 Å². The van der Waals surface area contributed by atoms with E-state index in [1.807, 2.05) is 30.3 Å². The fourth-order valence-corrected chi connectivity index (χ4v) is 2.08. The molecule has 0 amide bonds. The van der Waals surface area contributed by atoms with Crippen molar-refractivity contribution in [1.82, 2.24) is 4.98 Å². The van der Waals surface area contributed by atoms with Gasteiger partial charge in [-0.15, -0.1) is 11.3 Å². The lowest BCUT2D eigenvalue weighted by Crippen LogP contribution is -2.08. The van der Waals surface area contributed by atoms with E-state index in [1.54, 1.807) is 6.20 Å². The Morgan fingerprint density at radius 1 is 1.35 bits per heavy atom. The molecule has 0 bridgehead atoms. The molecule has 5 heteroatoms. The minimum Gasteiger partial charge on any atom is -0.493 e. The SMILES string of the molecule is N=C(N)c1cnc(CCOc2ccccc2)s1. The molecule has 17 heavy (non-hydrogen) atoms. The van der Waals surface area contributed by atoms with Gasteiger partial charge in [-0.1, -0.05) is 18.2 Å². The third-order valence-electron chi connectivity index (χ3n) is 2.15. The number of thiazole rings is 1. The summed E-state index contributed by atoms with van der Waals surface area (Å²) in [6.45, 7) is 0.578. The number of rotatable bonds is 5. The smallest absolute Gasteiger partial charge is 0.134 e. The molecule has 0 aliphatic heterocycles. The Balaban J connectivity index is 1.84. The minimum atomic E-state index is 0.0673. The summed E-state index contributed by atoms with van der Waals surface area (Å²) in [6.07, 6.45) is 2.36. The summed E-state index contributed by atoms with van der Waals surface area (Å²) >= 11 is 1.44. The van der Waals surface area contributed by atoms with Crippen LogP contribution in [0.2, 0.25) is 0 Å². The van der Waals surface area contributed by atoms with Gasteiger partial charge in [0.05, 0.1) is 16.5 Å². The molecule has 1 heterocycles. The highest BCUT2D eigenvalue weighted by atomic mass is 32.1. The fraction of sp³-hybridized carbons (Fsp3) is 0.167. The van der Waals surface area contributed by atoms with E-state index in [9.17, 15) is 0 Å². The predicted octanol–water partition coefficient (Wildman–Crippen LogP) is 2.05. The topological polar surface area (TPSA) is 72.0 Å². The van der Waals surface area contributed by atoms with Gasteiger partial charge in [0.15, 0.2) is 0 Å². The molecule has 1 aromatic carbocycles. The molecule has 1 aromatic heterocycles. The number of amidine groups is 1. The Bertz CT molecular complexity index is 495. The van der Waals surface area contributed by atoms with Crippen LogP contribution in [0.5, 0.6) is 5.75 Å². The van der Waals surface area contributed by atoms with Crippen LogP contribution in [-0.4, -0.2) is 17.4 Å². The summed E-state index contributed by atoms with van der Waals surface area (Å²) < 4.78 is 5.56. The highest BCUT2D eigenvalue weighted by Crippen LogP contribution is 2.14. The Morgan fingerprint density at radius 3 is 2.76 bits per heavy atom. The first-order valence-corrected chi connectivity index (χ1v) is 6.04. The Labute approximate surface area is 104 Å². The molecule has 4 nitrogen and oxygen atoms in total. The maximum Gasteiger partial charge on any atom is 0.134 e. The van der Waals surface area contributed by atoms with Gasteiger partial charge in [0.2, 0.25) is 0 Å². The van der Waals surface area contributed by atoms with Crippen molar-refractivity contribution < 1.29 is 4.74 Å². The van der Waals surface area contributed by atoms with Crippen LogP contribution in [0, 0.1) is 5.41 Å². The van der Waals surface area contributed by atoms with Crippen molar-refractivity contribution in [3.8, 4) is 5.75 Å². The maximum absolute atomic E-state index is 7.28. The van der Waals surface area contributed by atoms with Gasteiger partial charge in [0.1, 0.15) is 11.6 Å². The van der Waals surface area contributed by atoms with Gasteiger partial charge in [0, 0.05) is 12.6 Å². The van der Waals surface area contributed by atoms with Crippen LogP contribution < -0.4 is 10.5 Å². The van der Waals surface area contributed by atoms with E-state index in [2.05, 4.69) is 4.98 Å². The van der Waals surface area contributed by atoms with Gasteiger partial charge in [-0.25, -0.2) is 4.98 Å². The molecule has 0 saturated heterocycles. The molecule has 0 fully saturated rings. The van der Waals surface area contributed by atoms with Gasteiger partial charge in [-0.05, 0) is 12.1 Å². The van der Waals surface area contributed by atoms with Crippen molar-refractivity contribution in [3.63, 3.8) is 0 Å². The van der Waals surface area contributed by atoms with Gasteiger partial charge in [-0.2, -0.15) is 0 Å². The monoisotopic (exact) mass is 247 g/mol. The van der Waals surface area contributed by atoms with Crippen LogP contribution in [0.1, 0.15) is 9.88 Å². The number of nitrogen functional groups attached to an aromatic ring is 1. The highest BCUT2D eigenvalue weighted by molar-refractivity contribution is 7.13. The Morgan fingerprint density at radius 2 is 2.12 bits per heavy atom. The summed E-state index contributed by atoms with van der Waals surface area (Å²) in [7, 11) is 0. The molecule has 2 rings (SSSR count). The van der Waals surface area contributed by atoms with Crippen molar-refractivity contribution >= 4 is 17.2 Å². The van der Waals surface area contributed by atoms with Crippen LogP contribution in [0.15, 0.2) is 36.5 Å². The number of nitrogens with one attached hydrogen (secondary N) is 1. The molecule has 3 N–H and O–H groups in total. The summed E-state index contributed by atoms with van der Waals surface area (Å²) in [4.78, 5) is 4.89. The Hall–Kier alpha value is -1.88. The van der Waals surface area contributed by atoms with Crippen LogP contribution >= 0.6 is 11.3 Å². The summed E-state index contributed by atoms with van der Waals surface area (Å²) in [5.41, 5.74) is 5.37. The average Bonchev–Trinajstić information content (AvgIpc) is 2.79. The normalized spacial score (nSPS) is 10.1. The average molecular weight is 247 g/mol. The number of benzene rings is 1. The molecule has 88 valence electrons. The third kappa shape index (κ3) is 3.29. The summed E-state index contributed by atoms with van der Waals surface area (Å²) in [6, 6.07) is 9.66. The lowest BCUT2D eigenvalue weighted by atomic mass is 10.3. The first-order chi connectivity index (χ1) is 8.25. The molecule has 0 saturated carbocycles. The molecule has 2 aromatic rings. The first-order valence-electron chi connectivity index (χ1n) is 5.22. The quantitative estimate of drug-likeness (QED) is 0.627. The number of nitrogens with two attached hydrogens (primary N) is 1. The predicted molar refractivity (Wildman–Crippen MR) is 68.8 cm³/mol. The lowest BCUT2D eigenvalue weighted by Gasteiger charge is -2.03. The first kappa shape index (κ1) is 11.6. The maximum atomic E-state index is 7.28. The second-order valence-electron chi connectivity index (χ2n) is 3.44. The van der Waals surface area contributed by atoms with Crippen molar-refractivity contribution in [3.05, 3.63) is 46.4 Å². The molecule has 0 atom stereocenters. The number of hydrogen-bond donors (Lipinski definition) is 2. The van der Waals surface area contributed by atoms with Gasteiger partial charge >= 0.3 is 0 Å². The Kier molecular flexibility index (Phi) is 3.72. The van der Waals surface area contributed by atoms with Crippen LogP contribution in [0.25, 0.3) is 0 Å². The number of nitrogens with zero attached hydrogens (tertiary/aromatic N) is 1. The number of para-hydroxylation sites is 1. The van der Waals surface area contributed by atoms with E-state index in [0.29, 0.717) is 11.5 Å². The van der Waals surface area contributed by atoms with E-state index < -0.39 is 0 Å². The molecule has 0 aliphatic carbocycles. The van der Waals surface area contributed by atoms with E-state index >= 15 is 0 Å². The van der Waals surface area contributed by atoms with Crippen molar-refractivity contribution in [2.75, 3.05) is 6.61 Å². The molecule has 0 unspecified atom stereocenters. The van der Waals surface area contributed by atoms with E-state index in [1.165, 1.54) is 11.3 Å². The molecule has 0 aliphatic rings. The number of aromatic nitrogens is 1. The van der Waals surface area contributed by atoms with Crippen molar-refractivity contribution in [2.45, 2.75) is 6.42 Å². The van der Waals surface area contributed by atoms with Gasteiger partial charge in [0.25, 0.3) is 0 Å². The van der Waals surface area contributed by atoms with E-state index in [4.69, 9.17) is 15.9 Å². The summed E-state index contributed by atoms with van der Waals surface area (Å²) in [5.74, 6) is 0.925. The highest BCUT2D eigenvalue weighted by Gasteiger charge is 2.04. The minimum absolute atomic E-state index is 0.0673. The molecular formula is C12H13N3OS. The zero-order valence-corrected chi connectivity index (χ0v) is 10.0. The molecular weight excluding hydrogens is 234 g/mol. The molecule has 0 spiro atoms. The largest absolute Gasteiger partial charge is 0.493 e. The van der Waals surface area contributed by atoms with Crippen LogP contribution in [-0.2, 0) is 6.42 Å². The second kappa shape index (κ2) is 5.45. The van der Waals surface area contributed by atoms with Crippen molar-refractivity contribution in [2.24, 2.45) is 5.73 Å². The number of hydrogen-bond acceptors (Lipinski definition) is 4. The second-order valence-corrected chi connectivity index (χ2v) is 4.56. The van der Waals surface area contributed by atoms with Gasteiger partial charge < -0.3 is 10.5 Å². The summed E-state index contributed by atoms with van der Waals surface area (Å²) in [5, 5.41) is 8.21. The van der Waals surface area contributed by atoms with Gasteiger partial charge in [-0.3, -0.25) is 5.41 Å². The lowest BCUT2D eigenvalue weighted by molar-refractivity contribution is 0.322. The van der Waals surface area contributed by atoms with Crippen molar-refractivity contribution in [1.29, 1.82) is 5.41 Å². The van der Waals surface area contributed by atoms with E-state index in [-0.39, 0.29) is 5.84 Å². The third-order valence-corrected chi connectivity index (χ3v) is 3.24. The van der Waals surface area contributed by atoms with Crippen LogP contribution in [0.3, 0.4) is 0 Å². The molecule has 0 radical (unpaired) electrons. The van der Waals surface area contributed by atoms with Crippen LogP contribution in [0.4, 0.5) is 0 Å². The zero-order valence-electron chi connectivity index (χ0n) is 9.22.